The Kier molecular flexibility index (Phi) is 4.75. The molecule has 0 N–H and O–H groups in total. The van der Waals surface area contributed by atoms with Crippen LogP contribution in [-0.4, -0.2) is 5.54 Å². The molecule has 0 amide bonds. The average Bonchev–Trinajstić information content (AvgIpc) is 2.31. The van der Waals surface area contributed by atoms with Crippen LogP contribution in [0.3, 0.4) is 0 Å². The zero-order valence-corrected chi connectivity index (χ0v) is 12.7. The number of halogens is 4. The first-order chi connectivity index (χ1) is 8.56. The maximum absolute atomic E-state index is 13.0. The van der Waals surface area contributed by atoms with Gasteiger partial charge in [-0.25, -0.2) is 4.39 Å². The third kappa shape index (κ3) is 3.52. The van der Waals surface area contributed by atoms with Gasteiger partial charge in [0.15, 0.2) is 0 Å². The highest BCUT2D eigenvalue weighted by Crippen LogP contribution is 2.26. The molecule has 92 valence electrons. The molecule has 1 nitrogen and oxygen atoms in total. The maximum atomic E-state index is 13.0. The monoisotopic (exact) mass is 394 g/mol. The van der Waals surface area contributed by atoms with Gasteiger partial charge in [-0.15, -0.1) is 0 Å². The van der Waals surface area contributed by atoms with Crippen molar-refractivity contribution < 1.29 is 9.13 Å². The molecule has 0 fully saturated rings. The third-order valence-electron chi connectivity index (χ3n) is 2.23. The number of rotatable bonds is 3. The van der Waals surface area contributed by atoms with Crippen LogP contribution in [0.1, 0.15) is 0 Å². The smallest absolute Gasteiger partial charge is 0.382 e. The van der Waals surface area contributed by atoms with E-state index in [-0.39, 0.29) is 5.82 Å². The van der Waals surface area contributed by atoms with Crippen LogP contribution in [0.2, 0.25) is 0 Å². The topological polar surface area (TPSA) is 9.23 Å². The van der Waals surface area contributed by atoms with E-state index in [1.165, 1.54) is 12.1 Å². The van der Waals surface area contributed by atoms with Crippen LogP contribution in [0.15, 0.2) is 42.5 Å². The van der Waals surface area contributed by atoms with Crippen molar-refractivity contribution in [2.75, 3.05) is 0 Å². The minimum Gasteiger partial charge on any atom is -0.456 e. The van der Waals surface area contributed by atoms with Crippen molar-refractivity contribution in [3.8, 4) is 11.5 Å². The molecule has 0 aromatic heterocycles. The predicted molar refractivity (Wildman–Crippen MR) is 82.7 cm³/mol. The molecule has 0 atom stereocenters. The van der Waals surface area contributed by atoms with Gasteiger partial charge in [0.25, 0.3) is 0 Å². The SMILES string of the molecule is Fc1cccc(Oc2ccc(B(Cl)Cl)cc2I)c1. The maximum Gasteiger partial charge on any atom is 0.382 e. The van der Waals surface area contributed by atoms with Crippen LogP contribution < -0.4 is 10.2 Å². The van der Waals surface area contributed by atoms with Crippen molar-refractivity contribution in [1.82, 2.24) is 0 Å². The molecule has 18 heavy (non-hydrogen) atoms. The van der Waals surface area contributed by atoms with Crippen LogP contribution in [0.5, 0.6) is 11.5 Å². The van der Waals surface area contributed by atoms with Crippen molar-refractivity contribution in [3.63, 3.8) is 0 Å². The van der Waals surface area contributed by atoms with Gasteiger partial charge < -0.3 is 4.74 Å². The highest BCUT2D eigenvalue weighted by molar-refractivity contribution is 14.1. The van der Waals surface area contributed by atoms with Crippen LogP contribution in [0, 0.1) is 9.39 Å². The Labute approximate surface area is 128 Å². The summed E-state index contributed by atoms with van der Waals surface area (Å²) in [5.41, 5.74) is 0.232. The molecule has 0 aliphatic carbocycles. The van der Waals surface area contributed by atoms with Crippen LogP contribution in [0.4, 0.5) is 4.39 Å². The molecule has 0 saturated heterocycles. The summed E-state index contributed by atoms with van der Waals surface area (Å²) in [6, 6.07) is 11.4. The molecule has 0 unspecified atom stereocenters. The van der Waals surface area contributed by atoms with E-state index < -0.39 is 5.54 Å². The van der Waals surface area contributed by atoms with Crippen molar-refractivity contribution >= 4 is 56.5 Å². The summed E-state index contributed by atoms with van der Waals surface area (Å²) < 4.78 is 19.5. The zero-order valence-electron chi connectivity index (χ0n) is 9.04. The average molecular weight is 395 g/mol. The summed E-state index contributed by atoms with van der Waals surface area (Å²) in [7, 11) is 0. The lowest BCUT2D eigenvalue weighted by Gasteiger charge is -2.09. The van der Waals surface area contributed by atoms with Gasteiger partial charge >= 0.3 is 5.54 Å². The molecule has 0 aliphatic heterocycles. The number of ether oxygens (including phenoxy) is 1. The van der Waals surface area contributed by atoms with E-state index in [1.807, 2.05) is 6.07 Å². The van der Waals surface area contributed by atoms with Crippen LogP contribution >= 0.6 is 45.5 Å². The van der Waals surface area contributed by atoms with Gasteiger partial charge in [0.2, 0.25) is 0 Å². The summed E-state index contributed by atoms with van der Waals surface area (Å²) in [5.74, 6) is 0.758. The standard InChI is InChI=1S/C12H7BCl2FIO/c14-13(15)8-4-5-12(11(17)6-8)18-10-3-1-2-9(16)7-10/h1-7H. The number of hydrogen-bond donors (Lipinski definition) is 0. The second-order valence-electron chi connectivity index (χ2n) is 3.55. The van der Waals surface area contributed by atoms with Gasteiger partial charge in [0.1, 0.15) is 17.3 Å². The van der Waals surface area contributed by atoms with Gasteiger partial charge in [-0.3, -0.25) is 0 Å². The van der Waals surface area contributed by atoms with Gasteiger partial charge in [-0.1, -0.05) is 12.1 Å². The number of benzene rings is 2. The second kappa shape index (κ2) is 6.13. The lowest BCUT2D eigenvalue weighted by Crippen LogP contribution is -2.18. The Morgan fingerprint density at radius 1 is 1.11 bits per heavy atom. The van der Waals surface area contributed by atoms with E-state index in [9.17, 15) is 4.39 Å². The van der Waals surface area contributed by atoms with Crippen LogP contribution in [0.25, 0.3) is 0 Å². The van der Waals surface area contributed by atoms with E-state index >= 15 is 0 Å². The summed E-state index contributed by atoms with van der Waals surface area (Å²) in [6.07, 6.45) is 0. The second-order valence-corrected chi connectivity index (χ2v) is 5.81. The van der Waals surface area contributed by atoms with Gasteiger partial charge in [0, 0.05) is 6.07 Å². The highest BCUT2D eigenvalue weighted by atomic mass is 127. The predicted octanol–water partition coefficient (Wildman–Crippen LogP) is 4.40. The minimum absolute atomic E-state index is 0.333. The Morgan fingerprint density at radius 3 is 2.50 bits per heavy atom. The fraction of sp³-hybridized carbons (Fsp3) is 0. The molecule has 0 aliphatic rings. The van der Waals surface area contributed by atoms with Crippen molar-refractivity contribution in [2.45, 2.75) is 0 Å². The molecule has 0 heterocycles. The molecule has 2 aromatic carbocycles. The van der Waals surface area contributed by atoms with Gasteiger partial charge in [-0.05, 0) is 52.3 Å². The number of hydrogen-bond acceptors (Lipinski definition) is 1. The van der Waals surface area contributed by atoms with Crippen molar-refractivity contribution in [3.05, 3.63) is 51.9 Å². The lowest BCUT2D eigenvalue weighted by atomic mass is 9.93. The van der Waals surface area contributed by atoms with Crippen molar-refractivity contribution in [2.24, 2.45) is 0 Å². The molecular formula is C12H7BCl2FIO. The molecule has 6 heteroatoms. The molecule has 0 saturated carbocycles. The Balaban J connectivity index is 2.24. The highest BCUT2D eigenvalue weighted by Gasteiger charge is 2.12. The van der Waals surface area contributed by atoms with E-state index in [0.29, 0.717) is 11.5 Å². The van der Waals surface area contributed by atoms with E-state index in [1.54, 1.807) is 24.3 Å². The summed E-state index contributed by atoms with van der Waals surface area (Å²) in [4.78, 5) is 0. The normalized spacial score (nSPS) is 10.2. The van der Waals surface area contributed by atoms with Gasteiger partial charge in [0.05, 0.1) is 3.57 Å². The third-order valence-corrected chi connectivity index (χ3v) is 3.58. The largest absolute Gasteiger partial charge is 0.456 e. The van der Waals surface area contributed by atoms with Crippen molar-refractivity contribution in [1.29, 1.82) is 0 Å². The Morgan fingerprint density at radius 2 is 1.89 bits per heavy atom. The first-order valence-electron chi connectivity index (χ1n) is 5.07. The Bertz CT molecular complexity index is 566. The van der Waals surface area contributed by atoms with E-state index in [2.05, 4.69) is 22.6 Å². The molecule has 0 bridgehead atoms. The Hall–Kier alpha value is -0.455. The van der Waals surface area contributed by atoms with E-state index in [4.69, 9.17) is 27.7 Å². The molecule has 0 radical (unpaired) electrons. The molecule has 2 aromatic rings. The molecular weight excluding hydrogens is 388 g/mol. The first-order valence-corrected chi connectivity index (χ1v) is 7.02. The summed E-state index contributed by atoms with van der Waals surface area (Å²) >= 11 is 13.7. The van der Waals surface area contributed by atoms with Crippen LogP contribution in [-0.2, 0) is 0 Å². The fourth-order valence-electron chi connectivity index (χ4n) is 1.39. The zero-order chi connectivity index (χ0) is 13.1. The van der Waals surface area contributed by atoms with E-state index in [0.717, 1.165) is 9.03 Å². The quantitative estimate of drug-likeness (QED) is 0.554. The molecule has 2 rings (SSSR count). The first kappa shape index (κ1) is 14.0. The summed E-state index contributed by atoms with van der Waals surface area (Å²) in [6.45, 7) is 0. The summed E-state index contributed by atoms with van der Waals surface area (Å²) in [5, 5.41) is 0. The molecule has 0 spiro atoms. The fourth-order valence-corrected chi connectivity index (χ4v) is 2.31. The lowest BCUT2D eigenvalue weighted by molar-refractivity contribution is 0.473. The van der Waals surface area contributed by atoms with Gasteiger partial charge in [-0.2, -0.15) is 22.9 Å². The minimum atomic E-state index is -0.568.